The number of nitro benzene ring substituents is 1. The summed E-state index contributed by atoms with van der Waals surface area (Å²) in [4.78, 5) is 10.7. The molecule has 4 heteroatoms. The zero-order valence-electron chi connectivity index (χ0n) is 9.63. The van der Waals surface area contributed by atoms with Gasteiger partial charge in [0, 0.05) is 17.7 Å². The maximum Gasteiger partial charge on any atom is 0.272 e. The van der Waals surface area contributed by atoms with Gasteiger partial charge in [-0.3, -0.25) is 10.1 Å². The van der Waals surface area contributed by atoms with E-state index in [1.165, 1.54) is 12.8 Å². The lowest BCUT2D eigenvalue weighted by atomic mass is 10.1. The van der Waals surface area contributed by atoms with Crippen molar-refractivity contribution >= 4 is 5.69 Å². The third-order valence-electron chi connectivity index (χ3n) is 3.70. The summed E-state index contributed by atoms with van der Waals surface area (Å²) in [5.41, 5.74) is 1.20. The highest BCUT2D eigenvalue weighted by Gasteiger charge is 2.42. The van der Waals surface area contributed by atoms with E-state index in [4.69, 9.17) is 0 Å². The second-order valence-electron chi connectivity index (χ2n) is 5.10. The minimum absolute atomic E-state index is 0.265. The summed E-state index contributed by atoms with van der Waals surface area (Å²) in [5, 5.41) is 14.4. The van der Waals surface area contributed by atoms with Crippen molar-refractivity contribution in [3.8, 4) is 0 Å². The van der Waals surface area contributed by atoms with Gasteiger partial charge in [0.25, 0.3) is 5.69 Å². The largest absolute Gasteiger partial charge is 0.314 e. The van der Waals surface area contributed by atoms with Crippen molar-refractivity contribution in [2.24, 2.45) is 5.92 Å². The zero-order valence-corrected chi connectivity index (χ0v) is 9.63. The van der Waals surface area contributed by atoms with Gasteiger partial charge in [-0.1, -0.05) is 18.2 Å². The summed E-state index contributed by atoms with van der Waals surface area (Å²) in [6.45, 7) is 1.02. The lowest BCUT2D eigenvalue weighted by Gasteiger charge is -2.03. The lowest BCUT2D eigenvalue weighted by Crippen LogP contribution is -2.19. The van der Waals surface area contributed by atoms with Gasteiger partial charge >= 0.3 is 0 Å². The molecule has 3 rings (SSSR count). The zero-order chi connectivity index (χ0) is 11.8. The van der Waals surface area contributed by atoms with Crippen LogP contribution in [-0.4, -0.2) is 17.5 Å². The molecule has 0 heterocycles. The standard InChI is InChI=1S/C13H16N2O2/c16-15(17)13-4-2-1-3-11(13)12-7-9(12)8-14-10-5-6-10/h1-4,9-10,12,14H,5-8H2. The van der Waals surface area contributed by atoms with E-state index in [9.17, 15) is 10.1 Å². The molecule has 0 saturated heterocycles. The molecule has 1 N–H and O–H groups in total. The Morgan fingerprint density at radius 1 is 1.35 bits per heavy atom. The fourth-order valence-electron chi connectivity index (χ4n) is 2.43. The van der Waals surface area contributed by atoms with E-state index >= 15 is 0 Å². The number of benzene rings is 1. The first-order valence-corrected chi connectivity index (χ1v) is 6.22. The molecular formula is C13H16N2O2. The van der Waals surface area contributed by atoms with Crippen molar-refractivity contribution in [3.63, 3.8) is 0 Å². The van der Waals surface area contributed by atoms with Crippen LogP contribution < -0.4 is 5.32 Å². The number of nitro groups is 1. The van der Waals surface area contributed by atoms with Crippen LogP contribution in [-0.2, 0) is 0 Å². The summed E-state index contributed by atoms with van der Waals surface area (Å²) in [5.74, 6) is 0.986. The van der Waals surface area contributed by atoms with Gasteiger partial charge in [0.05, 0.1) is 4.92 Å². The predicted octanol–water partition coefficient (Wildman–Crippen LogP) is 2.45. The van der Waals surface area contributed by atoms with Crippen molar-refractivity contribution in [1.82, 2.24) is 5.32 Å². The van der Waals surface area contributed by atoms with Crippen LogP contribution in [0.3, 0.4) is 0 Å². The number of nitrogens with zero attached hydrogens (tertiary/aromatic N) is 1. The van der Waals surface area contributed by atoms with Crippen molar-refractivity contribution in [1.29, 1.82) is 0 Å². The Bertz CT molecular complexity index is 443. The first-order chi connectivity index (χ1) is 8.25. The Kier molecular flexibility index (Phi) is 2.59. The van der Waals surface area contributed by atoms with Crippen LogP contribution in [0.1, 0.15) is 30.7 Å². The molecule has 0 aliphatic heterocycles. The van der Waals surface area contributed by atoms with Gasteiger partial charge in [-0.05, 0) is 37.6 Å². The molecule has 2 aliphatic rings. The topological polar surface area (TPSA) is 55.2 Å². The first-order valence-electron chi connectivity index (χ1n) is 6.22. The van der Waals surface area contributed by atoms with Crippen molar-refractivity contribution in [3.05, 3.63) is 39.9 Å². The smallest absolute Gasteiger partial charge is 0.272 e. The van der Waals surface area contributed by atoms with E-state index < -0.39 is 0 Å². The third kappa shape index (κ3) is 2.31. The number of rotatable bonds is 5. The number of hydrogen-bond acceptors (Lipinski definition) is 3. The Labute approximate surface area is 100 Å². The van der Waals surface area contributed by atoms with Gasteiger partial charge in [0.15, 0.2) is 0 Å². The van der Waals surface area contributed by atoms with Crippen LogP contribution in [0.4, 0.5) is 5.69 Å². The highest BCUT2D eigenvalue weighted by Crippen LogP contribution is 2.49. The monoisotopic (exact) mass is 232 g/mol. The molecule has 17 heavy (non-hydrogen) atoms. The maximum absolute atomic E-state index is 10.9. The summed E-state index contributed by atoms with van der Waals surface area (Å²) >= 11 is 0. The summed E-state index contributed by atoms with van der Waals surface area (Å²) in [6, 6.07) is 7.87. The van der Waals surface area contributed by atoms with Crippen LogP contribution >= 0.6 is 0 Å². The maximum atomic E-state index is 10.9. The normalized spacial score (nSPS) is 26.8. The summed E-state index contributed by atoms with van der Waals surface area (Å²) in [6.07, 6.45) is 3.68. The molecule has 0 spiro atoms. The Balaban J connectivity index is 1.66. The predicted molar refractivity (Wildman–Crippen MR) is 65.0 cm³/mol. The van der Waals surface area contributed by atoms with Crippen LogP contribution in [0.25, 0.3) is 0 Å². The first kappa shape index (κ1) is 10.7. The van der Waals surface area contributed by atoms with Gasteiger partial charge in [-0.2, -0.15) is 0 Å². The van der Waals surface area contributed by atoms with Crippen LogP contribution in [0.15, 0.2) is 24.3 Å². The molecule has 1 aromatic rings. The Morgan fingerprint density at radius 3 is 2.82 bits per heavy atom. The van der Waals surface area contributed by atoms with Crippen molar-refractivity contribution in [2.75, 3.05) is 6.54 Å². The number of hydrogen-bond donors (Lipinski definition) is 1. The SMILES string of the molecule is O=[N+]([O-])c1ccccc1C1CC1CNC1CC1. The highest BCUT2D eigenvalue weighted by molar-refractivity contribution is 5.45. The molecular weight excluding hydrogens is 216 g/mol. The van der Waals surface area contributed by atoms with Crippen LogP contribution in [0.5, 0.6) is 0 Å². The van der Waals surface area contributed by atoms with Gasteiger partial charge < -0.3 is 5.32 Å². The Hall–Kier alpha value is -1.42. The van der Waals surface area contributed by atoms with E-state index in [1.807, 2.05) is 12.1 Å². The van der Waals surface area contributed by atoms with Crippen LogP contribution in [0.2, 0.25) is 0 Å². The average molecular weight is 232 g/mol. The molecule has 4 nitrogen and oxygen atoms in total. The molecule has 0 bridgehead atoms. The fraction of sp³-hybridized carbons (Fsp3) is 0.538. The van der Waals surface area contributed by atoms with Crippen LogP contribution in [0, 0.1) is 16.0 Å². The number of nitrogens with one attached hydrogen (secondary N) is 1. The molecule has 2 aliphatic carbocycles. The molecule has 90 valence electrons. The third-order valence-corrected chi connectivity index (χ3v) is 3.70. The van der Waals surface area contributed by atoms with Crippen molar-refractivity contribution < 1.29 is 4.92 Å². The van der Waals surface area contributed by atoms with Gasteiger partial charge in [0.1, 0.15) is 0 Å². The quantitative estimate of drug-likeness (QED) is 0.626. The van der Waals surface area contributed by atoms with E-state index in [0.717, 1.165) is 24.6 Å². The molecule has 1 aromatic carbocycles. The van der Waals surface area contributed by atoms with Gasteiger partial charge in [0.2, 0.25) is 0 Å². The summed E-state index contributed by atoms with van der Waals surface area (Å²) < 4.78 is 0. The molecule has 2 saturated carbocycles. The molecule has 0 amide bonds. The summed E-state index contributed by atoms with van der Waals surface area (Å²) in [7, 11) is 0. The van der Waals surface area contributed by atoms with E-state index in [-0.39, 0.29) is 10.6 Å². The van der Waals surface area contributed by atoms with Gasteiger partial charge in [-0.25, -0.2) is 0 Å². The van der Waals surface area contributed by atoms with Crippen molar-refractivity contribution in [2.45, 2.75) is 31.2 Å². The molecule has 0 radical (unpaired) electrons. The average Bonchev–Trinajstić information content (AvgIpc) is 3.21. The molecule has 2 unspecified atom stereocenters. The van der Waals surface area contributed by atoms with E-state index in [0.29, 0.717) is 11.8 Å². The Morgan fingerprint density at radius 2 is 2.12 bits per heavy atom. The minimum Gasteiger partial charge on any atom is -0.314 e. The van der Waals surface area contributed by atoms with E-state index in [2.05, 4.69) is 5.32 Å². The molecule has 2 atom stereocenters. The second kappa shape index (κ2) is 4.11. The fourth-order valence-corrected chi connectivity index (χ4v) is 2.43. The molecule has 2 fully saturated rings. The van der Waals surface area contributed by atoms with Gasteiger partial charge in [-0.15, -0.1) is 0 Å². The minimum atomic E-state index is -0.265. The second-order valence-corrected chi connectivity index (χ2v) is 5.10. The van der Waals surface area contributed by atoms with E-state index in [1.54, 1.807) is 12.1 Å². The highest BCUT2D eigenvalue weighted by atomic mass is 16.6. The molecule has 0 aromatic heterocycles. The lowest BCUT2D eigenvalue weighted by molar-refractivity contribution is -0.385. The number of para-hydroxylation sites is 1.